The van der Waals surface area contributed by atoms with Crippen LogP contribution in [0.1, 0.15) is 133 Å². The maximum absolute atomic E-state index is 12.1. The first-order valence-corrected chi connectivity index (χ1v) is 17.2. The Hall–Kier alpha value is -3.88. The molecule has 1 amide bonds. The lowest BCUT2D eigenvalue weighted by Gasteiger charge is -2.22. The number of ketones is 2. The molecule has 0 spiro atoms. The minimum Gasteiger partial charge on any atom is -0.481 e. The second kappa shape index (κ2) is 26.9. The zero-order chi connectivity index (χ0) is 40.5. The number of hydrogen-bond donors (Lipinski definition) is 3. The van der Waals surface area contributed by atoms with Crippen LogP contribution in [0.4, 0.5) is 0 Å². The number of Topliss-reactive ketones (excluding diaryl/α,β-unsaturated/α-hetero) is 2. The van der Waals surface area contributed by atoms with Crippen molar-refractivity contribution in [3.63, 3.8) is 0 Å². The first kappa shape index (κ1) is 51.5. The van der Waals surface area contributed by atoms with E-state index in [2.05, 4.69) is 14.8 Å². The summed E-state index contributed by atoms with van der Waals surface area (Å²) in [6.45, 7) is 17.2. The molecule has 0 saturated carbocycles. The third-order valence-corrected chi connectivity index (χ3v) is 6.51. The van der Waals surface area contributed by atoms with E-state index < -0.39 is 47.1 Å². The van der Waals surface area contributed by atoms with E-state index in [1.807, 2.05) is 0 Å². The van der Waals surface area contributed by atoms with E-state index in [9.17, 15) is 38.4 Å². The third-order valence-electron chi connectivity index (χ3n) is 6.51. The van der Waals surface area contributed by atoms with Gasteiger partial charge in [-0.3, -0.25) is 38.4 Å². The Morgan fingerprint density at radius 1 is 0.608 bits per heavy atom. The fraction of sp³-hybridized carbons (Fsp3) is 0.778. The quantitative estimate of drug-likeness (QED) is 0.0958. The molecule has 0 rings (SSSR count). The van der Waals surface area contributed by atoms with Gasteiger partial charge in [-0.15, -0.1) is 0 Å². The van der Waals surface area contributed by atoms with Gasteiger partial charge in [0.05, 0.1) is 38.1 Å². The van der Waals surface area contributed by atoms with Crippen LogP contribution in [0.3, 0.4) is 0 Å². The maximum atomic E-state index is 12.1. The molecule has 296 valence electrons. The van der Waals surface area contributed by atoms with E-state index in [0.717, 1.165) is 0 Å². The lowest BCUT2D eigenvalue weighted by atomic mass is 10.0. The number of carbonyl (C=O) groups excluding carboxylic acids is 7. The van der Waals surface area contributed by atoms with Crippen LogP contribution in [-0.4, -0.2) is 89.9 Å². The Balaban J connectivity index is -0.000000750. The zero-order valence-electron chi connectivity index (χ0n) is 32.8. The standard InChI is InChI=1S/C18H31NO6.C11H21NO3.C7H12O4/c1-12(17(23)25-18(3,4)5)11-14(20)13(2)19-15(21)9-7-8-10-16(22)24-6;1-7(6-9(13)8(2)12)10(14)15-11(3,4)5;1-11-7(10)5-3-2-4-6(8)9/h12-13H,7-11H2,1-6H3,(H,19,21);7-8H,6,12H2,1-5H3;2-5H2,1H3,(H,8,9)/t12-,13-;7-,8-;/m00./s1. The number of rotatable bonds is 19. The molecule has 15 nitrogen and oxygen atoms in total. The maximum Gasteiger partial charge on any atom is 0.309 e. The summed E-state index contributed by atoms with van der Waals surface area (Å²) in [5.41, 5.74) is 4.30. The van der Waals surface area contributed by atoms with Crippen molar-refractivity contribution < 1.29 is 62.4 Å². The number of unbranched alkanes of at least 4 members (excludes halogenated alkanes) is 2. The van der Waals surface area contributed by atoms with Gasteiger partial charge in [-0.1, -0.05) is 13.8 Å². The van der Waals surface area contributed by atoms with Gasteiger partial charge >= 0.3 is 29.8 Å². The molecule has 0 radical (unpaired) electrons. The average Bonchev–Trinajstić information content (AvgIpc) is 2.99. The Kier molecular flexibility index (Phi) is 27.1. The lowest BCUT2D eigenvalue weighted by Crippen LogP contribution is -2.40. The highest BCUT2D eigenvalue weighted by Crippen LogP contribution is 2.15. The minimum atomic E-state index is -0.824. The summed E-state index contributed by atoms with van der Waals surface area (Å²) in [6.07, 6.45) is 3.30. The van der Waals surface area contributed by atoms with Crippen LogP contribution >= 0.6 is 0 Å². The van der Waals surface area contributed by atoms with Crippen LogP contribution in [0.5, 0.6) is 0 Å². The van der Waals surface area contributed by atoms with Gasteiger partial charge in [-0.05, 0) is 81.1 Å². The number of esters is 4. The van der Waals surface area contributed by atoms with Crippen LogP contribution in [-0.2, 0) is 57.3 Å². The van der Waals surface area contributed by atoms with Crippen molar-refractivity contribution in [3.05, 3.63) is 0 Å². The number of aliphatic carboxylic acids is 1. The van der Waals surface area contributed by atoms with Crippen molar-refractivity contribution in [1.29, 1.82) is 0 Å². The summed E-state index contributed by atoms with van der Waals surface area (Å²) in [5, 5.41) is 10.8. The number of hydrogen-bond acceptors (Lipinski definition) is 13. The first-order valence-electron chi connectivity index (χ1n) is 17.2. The number of carboxylic acids is 1. The second-order valence-corrected chi connectivity index (χ2v) is 14.2. The van der Waals surface area contributed by atoms with E-state index in [1.165, 1.54) is 14.2 Å². The molecule has 0 saturated heterocycles. The predicted octanol–water partition coefficient (Wildman–Crippen LogP) is 4.24. The molecule has 0 bridgehead atoms. The number of carboxylic acid groups (broad SMARTS) is 1. The van der Waals surface area contributed by atoms with Crippen LogP contribution in [0, 0.1) is 11.8 Å². The van der Waals surface area contributed by atoms with Crippen LogP contribution in [0.25, 0.3) is 0 Å². The Labute approximate surface area is 303 Å². The Bertz CT molecular complexity index is 1120. The van der Waals surface area contributed by atoms with E-state index in [1.54, 1.807) is 69.2 Å². The predicted molar refractivity (Wildman–Crippen MR) is 189 cm³/mol. The molecular formula is C36H64N2O13. The van der Waals surface area contributed by atoms with Crippen LogP contribution in [0.15, 0.2) is 0 Å². The molecule has 0 aliphatic heterocycles. The monoisotopic (exact) mass is 732 g/mol. The highest BCUT2D eigenvalue weighted by atomic mass is 16.6. The van der Waals surface area contributed by atoms with E-state index in [0.29, 0.717) is 32.1 Å². The normalized spacial score (nSPS) is 13.2. The van der Waals surface area contributed by atoms with E-state index >= 15 is 0 Å². The molecular weight excluding hydrogens is 668 g/mol. The van der Waals surface area contributed by atoms with Crippen molar-refractivity contribution in [2.24, 2.45) is 17.6 Å². The largest absolute Gasteiger partial charge is 0.481 e. The number of carbonyl (C=O) groups is 8. The molecule has 0 aliphatic carbocycles. The van der Waals surface area contributed by atoms with Gasteiger partial charge in [0.15, 0.2) is 5.78 Å². The highest BCUT2D eigenvalue weighted by Gasteiger charge is 2.26. The summed E-state index contributed by atoms with van der Waals surface area (Å²) in [6, 6.07) is -1.19. The third kappa shape index (κ3) is 33.0. The van der Waals surface area contributed by atoms with E-state index in [-0.39, 0.29) is 67.5 Å². The highest BCUT2D eigenvalue weighted by molar-refractivity contribution is 5.91. The molecule has 4 atom stereocenters. The number of nitrogens with two attached hydrogens (primary N) is 1. The Morgan fingerprint density at radius 3 is 1.29 bits per heavy atom. The van der Waals surface area contributed by atoms with Gasteiger partial charge < -0.3 is 35.1 Å². The molecule has 0 aromatic carbocycles. The minimum absolute atomic E-state index is 0.0126. The van der Waals surface area contributed by atoms with Crippen LogP contribution in [0.2, 0.25) is 0 Å². The van der Waals surface area contributed by atoms with E-state index in [4.69, 9.17) is 20.3 Å². The summed E-state index contributed by atoms with van der Waals surface area (Å²) < 4.78 is 19.3. The van der Waals surface area contributed by atoms with Gasteiger partial charge in [-0.25, -0.2) is 0 Å². The molecule has 0 aromatic rings. The molecule has 0 heterocycles. The molecule has 51 heavy (non-hydrogen) atoms. The van der Waals surface area contributed by atoms with Crippen molar-refractivity contribution in [3.8, 4) is 0 Å². The molecule has 0 aliphatic rings. The van der Waals surface area contributed by atoms with Crippen LogP contribution < -0.4 is 11.1 Å². The summed E-state index contributed by atoms with van der Waals surface area (Å²) >= 11 is 0. The average molecular weight is 733 g/mol. The van der Waals surface area contributed by atoms with Gasteiger partial charge in [0.2, 0.25) is 5.91 Å². The van der Waals surface area contributed by atoms with Gasteiger partial charge in [-0.2, -0.15) is 0 Å². The summed E-state index contributed by atoms with van der Waals surface area (Å²) in [4.78, 5) is 90.1. The number of ether oxygens (including phenoxy) is 4. The smallest absolute Gasteiger partial charge is 0.309 e. The first-order chi connectivity index (χ1) is 23.3. The molecule has 15 heteroatoms. The number of nitrogens with one attached hydrogen (secondary N) is 1. The fourth-order valence-electron chi connectivity index (χ4n) is 3.64. The lowest BCUT2D eigenvalue weighted by molar-refractivity contribution is -0.161. The fourth-order valence-corrected chi connectivity index (χ4v) is 3.64. The van der Waals surface area contributed by atoms with Crippen molar-refractivity contribution in [2.45, 2.75) is 157 Å². The Morgan fingerprint density at radius 2 is 0.961 bits per heavy atom. The second-order valence-electron chi connectivity index (χ2n) is 14.2. The van der Waals surface area contributed by atoms with Gasteiger partial charge in [0.25, 0.3) is 0 Å². The summed E-state index contributed by atoms with van der Waals surface area (Å²) in [7, 11) is 2.64. The summed E-state index contributed by atoms with van der Waals surface area (Å²) in [5.74, 6) is -3.77. The van der Waals surface area contributed by atoms with Gasteiger partial charge in [0.1, 0.15) is 17.0 Å². The zero-order valence-corrected chi connectivity index (χ0v) is 32.8. The van der Waals surface area contributed by atoms with Crippen molar-refractivity contribution >= 4 is 47.3 Å². The number of methoxy groups -OCH3 is 2. The van der Waals surface area contributed by atoms with Gasteiger partial charge in [0, 0.05) is 38.5 Å². The molecule has 0 aromatic heterocycles. The molecule has 4 N–H and O–H groups in total. The van der Waals surface area contributed by atoms with Crippen molar-refractivity contribution in [1.82, 2.24) is 5.32 Å². The van der Waals surface area contributed by atoms with Crippen molar-refractivity contribution in [2.75, 3.05) is 14.2 Å². The topological polar surface area (TPSA) is 232 Å². The number of amides is 1. The SMILES string of the molecule is COC(=O)CCCCC(=O)N[C@@H](C)C(=O)C[C@H](C)C(=O)OC(C)(C)C.COC(=O)CCCCC(=O)O.C[C@H](N)C(=O)C[C@H](C)C(=O)OC(C)(C)C. The molecule has 0 unspecified atom stereocenters. The molecule has 0 fully saturated rings.